The Labute approximate surface area is 204 Å². The third-order valence-electron chi connectivity index (χ3n) is 4.69. The van der Waals surface area contributed by atoms with Crippen LogP contribution in [0.1, 0.15) is 39.3 Å². The summed E-state index contributed by atoms with van der Waals surface area (Å²) < 4.78 is 33.9. The maximum absolute atomic E-state index is 13.4. The molecule has 2 heterocycles. The number of carbonyl (C=O) groups excluding carboxylic acids is 2. The van der Waals surface area contributed by atoms with Crippen molar-refractivity contribution in [2.24, 2.45) is 4.99 Å². The summed E-state index contributed by atoms with van der Waals surface area (Å²) in [5, 5.41) is 19.2. The third kappa shape index (κ3) is 6.87. The van der Waals surface area contributed by atoms with Gasteiger partial charge in [0.1, 0.15) is 17.0 Å². The maximum atomic E-state index is 13.4. The van der Waals surface area contributed by atoms with Gasteiger partial charge in [0.15, 0.2) is 11.6 Å². The molecule has 1 aromatic heterocycles. The molecule has 1 aliphatic heterocycles. The number of carbonyl (C=O) groups is 2. The highest BCUT2D eigenvalue weighted by molar-refractivity contribution is 6.31. The topological polar surface area (TPSA) is 157 Å². The van der Waals surface area contributed by atoms with Crippen molar-refractivity contribution in [2.75, 3.05) is 19.8 Å². The number of halogens is 2. The van der Waals surface area contributed by atoms with Crippen LogP contribution >= 0.6 is 11.6 Å². The van der Waals surface area contributed by atoms with Crippen molar-refractivity contribution in [3.8, 4) is 5.88 Å². The maximum Gasteiger partial charge on any atom is 0.408 e. The molecule has 0 bridgehead atoms. The highest BCUT2D eigenvalue weighted by Gasteiger charge is 2.47. The van der Waals surface area contributed by atoms with Crippen LogP contribution in [-0.4, -0.2) is 64.2 Å². The van der Waals surface area contributed by atoms with E-state index in [1.54, 1.807) is 20.8 Å². The highest BCUT2D eigenvalue weighted by Crippen LogP contribution is 2.24. The lowest BCUT2D eigenvalue weighted by molar-refractivity contribution is -0.145. The van der Waals surface area contributed by atoms with Crippen molar-refractivity contribution >= 4 is 35.0 Å². The second kappa shape index (κ2) is 11.0. The van der Waals surface area contributed by atoms with Crippen LogP contribution in [0.25, 0.3) is 0 Å². The molecular formula is C21H25ClFN5O7. The molecule has 3 N–H and O–H groups in total. The standard InChI is InChI=1S/C21H25ClFN5O7/c1-20(2,3)34-19(30)25-21(10-32-11-21)15(29)5-4-8-33-18-16(27-35-28-18)17(26-31)24-12-6-7-14(23)13(22)9-12/h6-7,9,31H,4-5,8,10-11H2,1-3H3,(H,24,26)(H,25,30). The fourth-order valence-electron chi connectivity index (χ4n) is 2.98. The van der Waals surface area contributed by atoms with Crippen LogP contribution in [0.4, 0.5) is 14.9 Å². The van der Waals surface area contributed by atoms with E-state index in [4.69, 9.17) is 25.8 Å². The summed E-state index contributed by atoms with van der Waals surface area (Å²) in [5.41, 5.74) is 0.173. The zero-order chi connectivity index (χ0) is 25.6. The predicted octanol–water partition coefficient (Wildman–Crippen LogP) is 2.94. The number of amides is 1. The van der Waals surface area contributed by atoms with Gasteiger partial charge in [-0.2, -0.15) is 0 Å². The molecular weight excluding hydrogens is 489 g/mol. The van der Waals surface area contributed by atoms with Gasteiger partial charge in [-0.05, 0) is 55.7 Å². The zero-order valence-electron chi connectivity index (χ0n) is 19.3. The SMILES string of the molecule is CC(C)(C)OC(=O)NC1(C(=O)CCCOc2nonc2C(=Nc2ccc(F)c(Cl)c2)NO)COC1. The predicted molar refractivity (Wildman–Crippen MR) is 119 cm³/mol. The van der Waals surface area contributed by atoms with Crippen molar-refractivity contribution in [3.05, 3.63) is 34.7 Å². The number of benzene rings is 1. The Morgan fingerprint density at radius 1 is 1.31 bits per heavy atom. The van der Waals surface area contributed by atoms with Crippen LogP contribution in [0.5, 0.6) is 5.88 Å². The Morgan fingerprint density at radius 2 is 2.06 bits per heavy atom. The lowest BCUT2D eigenvalue weighted by atomic mass is 9.89. The number of hydroxylamine groups is 1. The van der Waals surface area contributed by atoms with Crippen LogP contribution in [0, 0.1) is 5.82 Å². The Bertz CT molecular complexity index is 1100. The molecule has 14 heteroatoms. The number of nitrogens with zero attached hydrogens (tertiary/aromatic N) is 3. The zero-order valence-corrected chi connectivity index (χ0v) is 20.0. The Kier molecular flexibility index (Phi) is 8.25. The summed E-state index contributed by atoms with van der Waals surface area (Å²) >= 11 is 5.75. The fraction of sp³-hybridized carbons (Fsp3) is 0.476. The summed E-state index contributed by atoms with van der Waals surface area (Å²) in [5.74, 6) is -1.14. The number of Topliss-reactive ketones (excluding diaryl/α,β-unsaturated/α-hetero) is 1. The minimum absolute atomic E-state index is 0.0391. The molecule has 190 valence electrons. The second-order valence-corrected chi connectivity index (χ2v) is 9.07. The Hall–Kier alpha value is -3.29. The lowest BCUT2D eigenvalue weighted by Crippen LogP contribution is -2.67. The van der Waals surface area contributed by atoms with Crippen molar-refractivity contribution in [3.63, 3.8) is 0 Å². The van der Waals surface area contributed by atoms with Gasteiger partial charge in [0.05, 0.1) is 30.5 Å². The normalized spacial score (nSPS) is 15.2. The van der Waals surface area contributed by atoms with Gasteiger partial charge in [-0.1, -0.05) is 11.6 Å². The summed E-state index contributed by atoms with van der Waals surface area (Å²) in [6.45, 7) is 5.31. The van der Waals surface area contributed by atoms with Crippen molar-refractivity contribution < 1.29 is 38.0 Å². The van der Waals surface area contributed by atoms with Gasteiger partial charge in [-0.15, -0.1) is 0 Å². The van der Waals surface area contributed by atoms with Crippen LogP contribution in [0.15, 0.2) is 27.8 Å². The van der Waals surface area contributed by atoms with Gasteiger partial charge >= 0.3 is 6.09 Å². The second-order valence-electron chi connectivity index (χ2n) is 8.67. The Morgan fingerprint density at radius 3 is 2.66 bits per heavy atom. The molecule has 12 nitrogen and oxygen atoms in total. The number of rotatable bonds is 9. The van der Waals surface area contributed by atoms with E-state index in [9.17, 15) is 19.2 Å². The van der Waals surface area contributed by atoms with E-state index in [1.165, 1.54) is 12.1 Å². The number of ether oxygens (including phenoxy) is 3. The molecule has 0 aliphatic carbocycles. The van der Waals surface area contributed by atoms with E-state index < -0.39 is 23.1 Å². The van der Waals surface area contributed by atoms with Gasteiger partial charge in [-0.25, -0.2) is 18.8 Å². The molecule has 0 unspecified atom stereocenters. The van der Waals surface area contributed by atoms with Crippen molar-refractivity contribution in [2.45, 2.75) is 44.8 Å². The van der Waals surface area contributed by atoms with Gasteiger partial charge in [0, 0.05) is 6.42 Å². The quantitative estimate of drug-likeness (QED) is 0.197. The summed E-state index contributed by atoms with van der Waals surface area (Å²) in [4.78, 5) is 28.9. The van der Waals surface area contributed by atoms with E-state index in [2.05, 4.69) is 25.3 Å². The first-order valence-corrected chi connectivity index (χ1v) is 10.9. The van der Waals surface area contributed by atoms with E-state index in [0.717, 1.165) is 6.07 Å². The molecule has 1 saturated heterocycles. The number of alkyl carbamates (subject to hydrolysis) is 1. The van der Waals surface area contributed by atoms with E-state index in [-0.39, 0.29) is 66.6 Å². The highest BCUT2D eigenvalue weighted by atomic mass is 35.5. The van der Waals surface area contributed by atoms with Gasteiger partial charge in [0.25, 0.3) is 5.88 Å². The fourth-order valence-corrected chi connectivity index (χ4v) is 3.16. The average molecular weight is 514 g/mol. The number of ketones is 1. The van der Waals surface area contributed by atoms with Gasteiger partial charge in [0.2, 0.25) is 5.69 Å². The molecule has 1 aliphatic rings. The molecule has 1 amide bonds. The summed E-state index contributed by atoms with van der Waals surface area (Å²) in [6.07, 6.45) is -0.350. The van der Waals surface area contributed by atoms with Crippen LogP contribution < -0.4 is 15.5 Å². The van der Waals surface area contributed by atoms with Crippen LogP contribution in [0.2, 0.25) is 5.02 Å². The molecule has 0 atom stereocenters. The number of hydrogen-bond acceptors (Lipinski definition) is 10. The molecule has 35 heavy (non-hydrogen) atoms. The van der Waals surface area contributed by atoms with Gasteiger partial charge in [-0.3, -0.25) is 15.5 Å². The monoisotopic (exact) mass is 513 g/mol. The number of aromatic nitrogens is 2. The molecule has 1 fully saturated rings. The van der Waals surface area contributed by atoms with Crippen molar-refractivity contribution in [1.29, 1.82) is 0 Å². The Balaban J connectivity index is 1.56. The summed E-state index contributed by atoms with van der Waals surface area (Å²) in [6, 6.07) is 3.70. The average Bonchev–Trinajstić information content (AvgIpc) is 3.21. The number of nitrogens with one attached hydrogen (secondary N) is 2. The van der Waals surface area contributed by atoms with Crippen LogP contribution in [0.3, 0.4) is 0 Å². The first kappa shape index (κ1) is 26.3. The first-order chi connectivity index (χ1) is 16.5. The minimum Gasteiger partial charge on any atom is -0.474 e. The number of amidine groups is 1. The first-order valence-electron chi connectivity index (χ1n) is 10.5. The molecule has 0 radical (unpaired) electrons. The van der Waals surface area contributed by atoms with E-state index >= 15 is 0 Å². The molecule has 2 aromatic rings. The molecule has 1 aromatic carbocycles. The number of hydrogen-bond donors (Lipinski definition) is 3. The minimum atomic E-state index is -1.14. The molecule has 0 spiro atoms. The van der Waals surface area contributed by atoms with Gasteiger partial charge < -0.3 is 19.5 Å². The van der Waals surface area contributed by atoms with E-state index in [0.29, 0.717) is 0 Å². The van der Waals surface area contributed by atoms with Crippen LogP contribution in [-0.2, 0) is 14.3 Å². The lowest BCUT2D eigenvalue weighted by Gasteiger charge is -2.40. The summed E-state index contributed by atoms with van der Waals surface area (Å²) in [7, 11) is 0. The third-order valence-corrected chi connectivity index (χ3v) is 4.98. The largest absolute Gasteiger partial charge is 0.474 e. The molecule has 3 rings (SSSR count). The number of aliphatic imine (C=N–C) groups is 1. The molecule has 0 saturated carbocycles. The van der Waals surface area contributed by atoms with Crippen molar-refractivity contribution in [1.82, 2.24) is 21.1 Å². The van der Waals surface area contributed by atoms with E-state index in [1.807, 2.05) is 5.48 Å². The smallest absolute Gasteiger partial charge is 0.408 e.